The predicted molar refractivity (Wildman–Crippen MR) is 112 cm³/mol. The van der Waals surface area contributed by atoms with E-state index in [4.69, 9.17) is 4.42 Å². The molecule has 1 amide bonds. The van der Waals surface area contributed by atoms with Crippen LogP contribution in [0, 0.1) is 10.1 Å². The minimum Gasteiger partial charge on any atom is -0.464 e. The number of non-ortho nitro benzene ring substituents is 1. The van der Waals surface area contributed by atoms with Crippen molar-refractivity contribution in [3.63, 3.8) is 0 Å². The zero-order valence-electron chi connectivity index (χ0n) is 16.2. The highest BCUT2D eigenvalue weighted by Crippen LogP contribution is 2.31. The minimum atomic E-state index is -0.430. The summed E-state index contributed by atoms with van der Waals surface area (Å²) in [6.07, 6.45) is 1.83. The molecule has 1 atom stereocenters. The third kappa shape index (κ3) is 3.45. The number of nitro groups is 1. The van der Waals surface area contributed by atoms with E-state index in [0.717, 1.165) is 32.9 Å². The van der Waals surface area contributed by atoms with Crippen LogP contribution in [0.5, 0.6) is 0 Å². The van der Waals surface area contributed by atoms with Gasteiger partial charge in [-0.15, -0.1) is 0 Å². The number of carbonyl (C=O) groups is 1. The SMILES string of the molecule is C[C@H](c1cccc([N+](=O)[O-])c1)N(C)C(=O)Cc1coc2ccc3ccccc3c12. The number of hydrogen-bond acceptors (Lipinski definition) is 4. The molecule has 0 unspecified atom stereocenters. The third-order valence-electron chi connectivity index (χ3n) is 5.42. The Balaban J connectivity index is 1.61. The number of fused-ring (bicyclic) bond motifs is 3. The first-order valence-corrected chi connectivity index (χ1v) is 9.33. The molecule has 0 bridgehead atoms. The second kappa shape index (κ2) is 7.39. The van der Waals surface area contributed by atoms with Crippen molar-refractivity contribution in [2.24, 2.45) is 0 Å². The van der Waals surface area contributed by atoms with Gasteiger partial charge >= 0.3 is 0 Å². The van der Waals surface area contributed by atoms with Gasteiger partial charge in [-0.2, -0.15) is 0 Å². The van der Waals surface area contributed by atoms with Crippen LogP contribution < -0.4 is 0 Å². The first-order valence-electron chi connectivity index (χ1n) is 9.33. The molecule has 4 aromatic rings. The molecule has 0 fully saturated rings. The van der Waals surface area contributed by atoms with E-state index in [1.165, 1.54) is 12.1 Å². The Bertz CT molecular complexity index is 1230. The van der Waals surface area contributed by atoms with E-state index in [1.807, 2.05) is 43.3 Å². The van der Waals surface area contributed by atoms with E-state index in [9.17, 15) is 14.9 Å². The van der Waals surface area contributed by atoms with Gasteiger partial charge in [0.05, 0.1) is 23.6 Å². The van der Waals surface area contributed by atoms with Crippen molar-refractivity contribution in [2.45, 2.75) is 19.4 Å². The number of furan rings is 1. The summed E-state index contributed by atoms with van der Waals surface area (Å²) < 4.78 is 5.68. The van der Waals surface area contributed by atoms with Gasteiger partial charge < -0.3 is 9.32 Å². The lowest BCUT2D eigenvalue weighted by Gasteiger charge is -2.25. The maximum Gasteiger partial charge on any atom is 0.269 e. The van der Waals surface area contributed by atoms with E-state index in [2.05, 4.69) is 0 Å². The first-order chi connectivity index (χ1) is 14.0. The summed E-state index contributed by atoms with van der Waals surface area (Å²) in [6.45, 7) is 1.86. The van der Waals surface area contributed by atoms with Crippen LogP contribution in [0.2, 0.25) is 0 Å². The largest absolute Gasteiger partial charge is 0.464 e. The van der Waals surface area contributed by atoms with Crippen molar-refractivity contribution in [2.75, 3.05) is 7.05 Å². The van der Waals surface area contributed by atoms with Crippen LogP contribution in [0.3, 0.4) is 0 Å². The van der Waals surface area contributed by atoms with Gasteiger partial charge in [-0.1, -0.05) is 42.5 Å². The average molecular weight is 388 g/mol. The number of benzene rings is 3. The molecule has 0 N–H and O–H groups in total. The van der Waals surface area contributed by atoms with Crippen LogP contribution in [-0.4, -0.2) is 22.8 Å². The van der Waals surface area contributed by atoms with Crippen molar-refractivity contribution >= 4 is 33.3 Å². The summed E-state index contributed by atoms with van der Waals surface area (Å²) in [5.74, 6) is -0.0837. The number of rotatable bonds is 5. The van der Waals surface area contributed by atoms with Crippen molar-refractivity contribution in [1.29, 1.82) is 0 Å². The molecule has 0 aliphatic heterocycles. The van der Waals surface area contributed by atoms with E-state index in [-0.39, 0.29) is 24.1 Å². The molecule has 4 rings (SSSR count). The molecule has 0 saturated heterocycles. The van der Waals surface area contributed by atoms with Crippen LogP contribution in [0.15, 0.2) is 71.3 Å². The lowest BCUT2D eigenvalue weighted by Crippen LogP contribution is -2.30. The van der Waals surface area contributed by atoms with Gasteiger partial charge in [-0.05, 0) is 29.3 Å². The van der Waals surface area contributed by atoms with Crippen molar-refractivity contribution in [3.05, 3.63) is 88.2 Å². The highest BCUT2D eigenvalue weighted by Gasteiger charge is 2.21. The molecule has 1 aromatic heterocycles. The van der Waals surface area contributed by atoms with E-state index in [0.29, 0.717) is 0 Å². The van der Waals surface area contributed by atoms with Crippen LogP contribution in [0.4, 0.5) is 5.69 Å². The molecule has 1 heterocycles. The molecule has 0 radical (unpaired) electrons. The van der Waals surface area contributed by atoms with Gasteiger partial charge in [0.15, 0.2) is 0 Å². The number of carbonyl (C=O) groups excluding carboxylic acids is 1. The molecule has 0 aliphatic rings. The number of nitro benzene ring substituents is 1. The van der Waals surface area contributed by atoms with Gasteiger partial charge in [0.2, 0.25) is 5.91 Å². The summed E-state index contributed by atoms with van der Waals surface area (Å²) >= 11 is 0. The monoisotopic (exact) mass is 388 g/mol. The lowest BCUT2D eigenvalue weighted by atomic mass is 10.0. The van der Waals surface area contributed by atoms with Crippen molar-refractivity contribution in [1.82, 2.24) is 4.90 Å². The van der Waals surface area contributed by atoms with Crippen LogP contribution >= 0.6 is 0 Å². The lowest BCUT2D eigenvalue weighted by molar-refractivity contribution is -0.384. The van der Waals surface area contributed by atoms with Crippen LogP contribution in [0.25, 0.3) is 21.7 Å². The molecule has 0 spiro atoms. The molecule has 6 nitrogen and oxygen atoms in total. The number of hydrogen-bond donors (Lipinski definition) is 0. The summed E-state index contributed by atoms with van der Waals surface area (Å²) in [5, 5.41) is 14.1. The van der Waals surface area contributed by atoms with E-state index >= 15 is 0 Å². The zero-order valence-corrected chi connectivity index (χ0v) is 16.2. The Kier molecular flexibility index (Phi) is 4.76. The highest BCUT2D eigenvalue weighted by molar-refractivity contribution is 6.08. The van der Waals surface area contributed by atoms with E-state index < -0.39 is 4.92 Å². The molecule has 146 valence electrons. The maximum absolute atomic E-state index is 13.0. The summed E-state index contributed by atoms with van der Waals surface area (Å²) in [6, 6.07) is 18.0. The second-order valence-electron chi connectivity index (χ2n) is 7.13. The number of amides is 1. The van der Waals surface area contributed by atoms with Crippen molar-refractivity contribution < 1.29 is 14.1 Å². The first kappa shape index (κ1) is 18.7. The zero-order chi connectivity index (χ0) is 20.5. The quantitative estimate of drug-likeness (QED) is 0.345. The Labute approximate surface area is 167 Å². The Morgan fingerprint density at radius 2 is 1.93 bits per heavy atom. The Morgan fingerprint density at radius 3 is 2.72 bits per heavy atom. The molecule has 3 aromatic carbocycles. The predicted octanol–water partition coefficient (Wildman–Crippen LogP) is 5.26. The van der Waals surface area contributed by atoms with Crippen molar-refractivity contribution in [3.8, 4) is 0 Å². The molecule has 0 saturated carbocycles. The summed E-state index contributed by atoms with van der Waals surface area (Å²) in [4.78, 5) is 25.2. The maximum atomic E-state index is 13.0. The van der Waals surface area contributed by atoms with Gasteiger partial charge in [0, 0.05) is 30.1 Å². The smallest absolute Gasteiger partial charge is 0.269 e. The molecule has 29 heavy (non-hydrogen) atoms. The molecular formula is C23H20N2O4. The van der Waals surface area contributed by atoms with Crippen LogP contribution in [-0.2, 0) is 11.2 Å². The Morgan fingerprint density at radius 1 is 1.14 bits per heavy atom. The minimum absolute atomic E-state index is 0.0162. The fourth-order valence-electron chi connectivity index (χ4n) is 3.63. The summed E-state index contributed by atoms with van der Waals surface area (Å²) in [5.41, 5.74) is 2.32. The highest BCUT2D eigenvalue weighted by atomic mass is 16.6. The van der Waals surface area contributed by atoms with Gasteiger partial charge in [0.25, 0.3) is 5.69 Å². The van der Waals surface area contributed by atoms with Gasteiger partial charge in [-0.25, -0.2) is 0 Å². The van der Waals surface area contributed by atoms with E-state index in [1.54, 1.807) is 30.3 Å². The average Bonchev–Trinajstić information content (AvgIpc) is 3.16. The van der Waals surface area contributed by atoms with Gasteiger partial charge in [-0.3, -0.25) is 14.9 Å². The third-order valence-corrected chi connectivity index (χ3v) is 5.42. The normalized spacial score (nSPS) is 12.2. The second-order valence-corrected chi connectivity index (χ2v) is 7.13. The Hall–Kier alpha value is -3.67. The fraction of sp³-hybridized carbons (Fsp3) is 0.174. The molecular weight excluding hydrogens is 368 g/mol. The molecule has 0 aliphatic carbocycles. The fourth-order valence-corrected chi connectivity index (χ4v) is 3.63. The topological polar surface area (TPSA) is 76.6 Å². The van der Waals surface area contributed by atoms with Gasteiger partial charge in [0.1, 0.15) is 5.58 Å². The summed E-state index contributed by atoms with van der Waals surface area (Å²) in [7, 11) is 1.71. The standard InChI is InChI=1S/C23H20N2O4/c1-15(17-7-5-8-19(12-17)25(27)28)24(2)22(26)13-18-14-29-21-11-10-16-6-3-4-9-20(16)23(18)21/h3-12,14-15H,13H2,1-2H3/t15-/m1/s1. The molecule has 6 heteroatoms. The van der Waals surface area contributed by atoms with Crippen LogP contribution in [0.1, 0.15) is 24.1 Å². The number of likely N-dealkylation sites (N-methyl/N-ethyl adjacent to an activating group) is 1. The number of nitrogens with zero attached hydrogens (tertiary/aromatic N) is 2.